The number of nitrogens with zero attached hydrogens (tertiary/aromatic N) is 3. The van der Waals surface area contributed by atoms with Gasteiger partial charge in [0.1, 0.15) is 11.8 Å². The SMILES string of the molecule is COC1C(C(=O)N[C@@H]2COC[C@H]2O)OCCC1n1cc(-c2cc(F)c(F)c(F)c2)nn1. The number of methoxy groups -OCH3 is 1. The highest BCUT2D eigenvalue weighted by molar-refractivity contribution is 5.82. The summed E-state index contributed by atoms with van der Waals surface area (Å²) in [7, 11) is 1.42. The van der Waals surface area contributed by atoms with Crippen LogP contribution in [0.25, 0.3) is 11.3 Å². The molecule has 0 radical (unpaired) electrons. The van der Waals surface area contributed by atoms with E-state index in [9.17, 15) is 23.1 Å². The fourth-order valence-electron chi connectivity index (χ4n) is 3.79. The second-order valence-corrected chi connectivity index (χ2v) is 7.41. The summed E-state index contributed by atoms with van der Waals surface area (Å²) < 4.78 is 58.0. The van der Waals surface area contributed by atoms with E-state index in [1.807, 2.05) is 0 Å². The molecular formula is C19H21F3N4O5. The first-order chi connectivity index (χ1) is 14.9. The Hall–Kier alpha value is -2.54. The third-order valence-electron chi connectivity index (χ3n) is 5.43. The highest BCUT2D eigenvalue weighted by Gasteiger charge is 2.42. The number of amides is 1. The molecule has 2 N–H and O–H groups in total. The number of halogens is 3. The van der Waals surface area contributed by atoms with Gasteiger partial charge in [-0.2, -0.15) is 0 Å². The molecule has 2 aliphatic rings. The van der Waals surface area contributed by atoms with Gasteiger partial charge in [0, 0.05) is 19.3 Å². The van der Waals surface area contributed by atoms with Gasteiger partial charge >= 0.3 is 0 Å². The van der Waals surface area contributed by atoms with Crippen LogP contribution in [0.1, 0.15) is 12.5 Å². The summed E-state index contributed by atoms with van der Waals surface area (Å²) in [5, 5.41) is 20.5. The van der Waals surface area contributed by atoms with Crippen molar-refractivity contribution in [2.75, 3.05) is 26.9 Å². The van der Waals surface area contributed by atoms with Crippen molar-refractivity contribution >= 4 is 5.91 Å². The van der Waals surface area contributed by atoms with Gasteiger partial charge in [-0.05, 0) is 18.6 Å². The van der Waals surface area contributed by atoms with Crippen LogP contribution >= 0.6 is 0 Å². The average molecular weight is 442 g/mol. The van der Waals surface area contributed by atoms with Crippen molar-refractivity contribution in [1.29, 1.82) is 0 Å². The number of hydrogen-bond acceptors (Lipinski definition) is 7. The minimum absolute atomic E-state index is 0.0215. The molecule has 2 aromatic rings. The zero-order valence-corrected chi connectivity index (χ0v) is 16.5. The summed E-state index contributed by atoms with van der Waals surface area (Å²) in [6.45, 7) is 0.554. The van der Waals surface area contributed by atoms with Crippen LogP contribution in [0.15, 0.2) is 18.3 Å². The van der Waals surface area contributed by atoms with E-state index in [1.165, 1.54) is 18.0 Å². The lowest BCUT2D eigenvalue weighted by atomic mass is 9.98. The standard InChI is InChI=1S/C19H21F3N4O5/c1-29-17-14(2-3-31-18(17)19(28)23-13-7-30-8-15(13)27)26-6-12(24-25-26)9-4-10(20)16(22)11(21)5-9/h4-6,13-15,17-18,27H,2-3,7-8H2,1H3,(H,23,28)/t13-,14?,15-,17?,18?/m1/s1. The molecule has 168 valence electrons. The predicted octanol–water partition coefficient (Wildman–Crippen LogP) is 0.583. The predicted molar refractivity (Wildman–Crippen MR) is 98.3 cm³/mol. The van der Waals surface area contributed by atoms with Crippen molar-refractivity contribution in [3.8, 4) is 11.3 Å². The molecule has 0 spiro atoms. The molecule has 1 aromatic carbocycles. The second-order valence-electron chi connectivity index (χ2n) is 7.41. The van der Waals surface area contributed by atoms with Crippen LogP contribution in [0.5, 0.6) is 0 Å². The van der Waals surface area contributed by atoms with Crippen LogP contribution in [0, 0.1) is 17.5 Å². The number of rotatable bonds is 5. The van der Waals surface area contributed by atoms with Crippen molar-refractivity contribution < 1.29 is 37.3 Å². The number of aliphatic hydroxyl groups excluding tert-OH is 1. The van der Waals surface area contributed by atoms with Gasteiger partial charge in [0.2, 0.25) is 0 Å². The number of ether oxygens (including phenoxy) is 3. The minimum atomic E-state index is -1.56. The normalized spacial score (nSPS) is 28.6. The van der Waals surface area contributed by atoms with Gasteiger partial charge in [0.05, 0.1) is 37.6 Å². The topological polar surface area (TPSA) is 108 Å². The molecule has 2 aliphatic heterocycles. The van der Waals surface area contributed by atoms with E-state index in [2.05, 4.69) is 15.6 Å². The molecule has 1 amide bonds. The zero-order valence-electron chi connectivity index (χ0n) is 16.5. The second kappa shape index (κ2) is 8.91. The first-order valence-electron chi connectivity index (χ1n) is 9.66. The molecular weight excluding hydrogens is 421 g/mol. The van der Waals surface area contributed by atoms with Gasteiger partial charge in [-0.3, -0.25) is 4.79 Å². The maximum atomic E-state index is 13.6. The Bertz CT molecular complexity index is 935. The zero-order chi connectivity index (χ0) is 22.1. The van der Waals surface area contributed by atoms with Crippen molar-refractivity contribution in [3.05, 3.63) is 35.8 Å². The lowest BCUT2D eigenvalue weighted by Gasteiger charge is -2.36. The molecule has 2 fully saturated rings. The fourth-order valence-corrected chi connectivity index (χ4v) is 3.79. The minimum Gasteiger partial charge on any atom is -0.388 e. The molecule has 4 rings (SSSR count). The van der Waals surface area contributed by atoms with Crippen LogP contribution in [0.4, 0.5) is 13.2 Å². The summed E-state index contributed by atoms with van der Waals surface area (Å²) in [5.74, 6) is -4.69. The Morgan fingerprint density at radius 3 is 2.68 bits per heavy atom. The molecule has 9 nitrogen and oxygen atoms in total. The Kier molecular flexibility index (Phi) is 6.23. The molecule has 0 aliphatic carbocycles. The van der Waals surface area contributed by atoms with E-state index < -0.39 is 53.8 Å². The third kappa shape index (κ3) is 4.28. The van der Waals surface area contributed by atoms with E-state index in [1.54, 1.807) is 0 Å². The monoisotopic (exact) mass is 442 g/mol. The summed E-state index contributed by atoms with van der Waals surface area (Å²) >= 11 is 0. The van der Waals surface area contributed by atoms with Crippen molar-refractivity contribution in [2.24, 2.45) is 0 Å². The van der Waals surface area contributed by atoms with Gasteiger partial charge in [0.15, 0.2) is 23.6 Å². The first-order valence-corrected chi connectivity index (χ1v) is 9.66. The fraction of sp³-hybridized carbons (Fsp3) is 0.526. The maximum absolute atomic E-state index is 13.6. The van der Waals surface area contributed by atoms with E-state index >= 15 is 0 Å². The number of aliphatic hydroxyl groups is 1. The van der Waals surface area contributed by atoms with Crippen molar-refractivity contribution in [3.63, 3.8) is 0 Å². The van der Waals surface area contributed by atoms with E-state index in [0.29, 0.717) is 6.42 Å². The van der Waals surface area contributed by atoms with Crippen LogP contribution < -0.4 is 5.32 Å². The largest absolute Gasteiger partial charge is 0.388 e. The van der Waals surface area contributed by atoms with Gasteiger partial charge in [0.25, 0.3) is 5.91 Å². The smallest absolute Gasteiger partial charge is 0.252 e. The first kappa shape index (κ1) is 21.7. The number of carbonyl (C=O) groups is 1. The molecule has 0 saturated carbocycles. The van der Waals surface area contributed by atoms with Gasteiger partial charge in [-0.1, -0.05) is 5.21 Å². The van der Waals surface area contributed by atoms with Gasteiger partial charge in [-0.25, -0.2) is 17.9 Å². The molecule has 5 atom stereocenters. The lowest BCUT2D eigenvalue weighted by molar-refractivity contribution is -0.158. The number of carbonyl (C=O) groups excluding carboxylic acids is 1. The summed E-state index contributed by atoms with van der Waals surface area (Å²) in [6, 6.07) is 0.650. The molecule has 1 aromatic heterocycles. The molecule has 0 bridgehead atoms. The van der Waals surface area contributed by atoms with E-state index in [-0.39, 0.29) is 31.1 Å². The van der Waals surface area contributed by atoms with Crippen LogP contribution in [0.2, 0.25) is 0 Å². The highest BCUT2D eigenvalue weighted by atomic mass is 19.2. The Labute approximate surface area is 175 Å². The van der Waals surface area contributed by atoms with Crippen LogP contribution in [-0.2, 0) is 19.0 Å². The maximum Gasteiger partial charge on any atom is 0.252 e. The highest BCUT2D eigenvalue weighted by Crippen LogP contribution is 2.30. The third-order valence-corrected chi connectivity index (χ3v) is 5.43. The summed E-state index contributed by atoms with van der Waals surface area (Å²) in [5.41, 5.74) is 0.152. The van der Waals surface area contributed by atoms with E-state index in [0.717, 1.165) is 12.1 Å². The van der Waals surface area contributed by atoms with Gasteiger partial charge < -0.3 is 24.6 Å². The molecule has 3 heterocycles. The summed E-state index contributed by atoms with van der Waals surface area (Å²) in [4.78, 5) is 12.7. The van der Waals surface area contributed by atoms with E-state index in [4.69, 9.17) is 14.2 Å². The van der Waals surface area contributed by atoms with Gasteiger partial charge in [-0.15, -0.1) is 5.10 Å². The van der Waals surface area contributed by atoms with Crippen LogP contribution in [0.3, 0.4) is 0 Å². The Balaban J connectivity index is 1.53. The molecule has 12 heteroatoms. The molecule has 31 heavy (non-hydrogen) atoms. The number of hydrogen-bond donors (Lipinski definition) is 2. The van der Waals surface area contributed by atoms with Crippen molar-refractivity contribution in [2.45, 2.75) is 36.8 Å². The number of nitrogens with one attached hydrogen (secondary N) is 1. The number of aromatic nitrogens is 3. The number of benzene rings is 1. The summed E-state index contributed by atoms with van der Waals surface area (Å²) in [6.07, 6.45) is -0.655. The quantitative estimate of drug-likeness (QED) is 0.653. The Morgan fingerprint density at radius 2 is 2.03 bits per heavy atom. The van der Waals surface area contributed by atoms with Crippen LogP contribution in [-0.4, -0.2) is 77.3 Å². The molecule has 3 unspecified atom stereocenters. The van der Waals surface area contributed by atoms with Crippen molar-refractivity contribution in [1.82, 2.24) is 20.3 Å². The molecule has 2 saturated heterocycles. The lowest BCUT2D eigenvalue weighted by Crippen LogP contribution is -2.55. The Morgan fingerprint density at radius 1 is 1.29 bits per heavy atom. The average Bonchev–Trinajstić information content (AvgIpc) is 3.40.